The highest BCUT2D eigenvalue weighted by Gasteiger charge is 2.35. The van der Waals surface area contributed by atoms with Crippen molar-refractivity contribution in [3.63, 3.8) is 0 Å². The van der Waals surface area contributed by atoms with E-state index in [0.717, 1.165) is 37.3 Å². The second-order valence-electron chi connectivity index (χ2n) is 7.16. The number of para-hydroxylation sites is 2. The Kier molecular flexibility index (Phi) is 5.43. The van der Waals surface area contributed by atoms with E-state index < -0.39 is 0 Å². The van der Waals surface area contributed by atoms with Gasteiger partial charge in [-0.25, -0.2) is 0 Å². The molecule has 6 heteroatoms. The Balaban J connectivity index is 1.31. The zero-order chi connectivity index (χ0) is 18.6. The zero-order valence-corrected chi connectivity index (χ0v) is 16.2. The highest BCUT2D eigenvalue weighted by atomic mass is 32.1. The average molecular weight is 384 g/mol. The van der Waals surface area contributed by atoms with Crippen LogP contribution in [0, 0.1) is 0 Å². The van der Waals surface area contributed by atoms with Crippen molar-refractivity contribution in [2.24, 2.45) is 0 Å². The number of thiophene rings is 1. The van der Waals surface area contributed by atoms with Crippen molar-refractivity contribution in [3.8, 4) is 0 Å². The van der Waals surface area contributed by atoms with E-state index >= 15 is 0 Å². The fourth-order valence-corrected chi connectivity index (χ4v) is 4.76. The number of carbonyl (C=O) groups is 2. The Morgan fingerprint density at radius 2 is 1.96 bits per heavy atom. The third kappa shape index (κ3) is 4.00. The molecule has 2 aromatic rings. The van der Waals surface area contributed by atoms with Crippen molar-refractivity contribution >= 4 is 34.5 Å². The lowest BCUT2D eigenvalue weighted by atomic mass is 10.1. The molecule has 142 valence electrons. The molecule has 0 unspecified atom stereocenters. The van der Waals surface area contributed by atoms with Crippen LogP contribution in [0.1, 0.15) is 30.6 Å². The summed E-state index contributed by atoms with van der Waals surface area (Å²) in [7, 11) is 0. The van der Waals surface area contributed by atoms with Crippen LogP contribution in [0.25, 0.3) is 0 Å². The molecule has 1 atom stereocenters. The molecule has 0 spiro atoms. The molecule has 1 saturated heterocycles. The summed E-state index contributed by atoms with van der Waals surface area (Å²) in [6.45, 7) is 2.42. The van der Waals surface area contributed by atoms with E-state index in [1.54, 1.807) is 11.3 Å². The van der Waals surface area contributed by atoms with Crippen LogP contribution in [0.15, 0.2) is 41.8 Å². The lowest BCUT2D eigenvalue weighted by molar-refractivity contribution is -0.125. The van der Waals surface area contributed by atoms with Gasteiger partial charge in [-0.15, -0.1) is 11.3 Å². The number of fused-ring (bicyclic) bond motifs is 3. The van der Waals surface area contributed by atoms with E-state index in [1.807, 2.05) is 34.5 Å². The van der Waals surface area contributed by atoms with Crippen molar-refractivity contribution in [1.29, 1.82) is 0 Å². The van der Waals surface area contributed by atoms with Gasteiger partial charge in [0.05, 0.1) is 11.4 Å². The molecule has 1 N–H and O–H groups in total. The van der Waals surface area contributed by atoms with E-state index in [1.165, 1.54) is 11.3 Å². The molecule has 2 aliphatic rings. The number of hydrogen-bond donors (Lipinski definition) is 1. The van der Waals surface area contributed by atoms with Crippen LogP contribution in [-0.4, -0.2) is 37.5 Å². The average Bonchev–Trinajstić information content (AvgIpc) is 3.37. The van der Waals surface area contributed by atoms with Gasteiger partial charge in [-0.3, -0.25) is 9.59 Å². The van der Waals surface area contributed by atoms with Gasteiger partial charge in [-0.2, -0.15) is 0 Å². The lowest BCUT2D eigenvalue weighted by Gasteiger charge is -2.40. The minimum Gasteiger partial charge on any atom is -0.365 e. The third-order valence-corrected chi connectivity index (χ3v) is 6.33. The summed E-state index contributed by atoms with van der Waals surface area (Å²) < 4.78 is 0. The highest BCUT2D eigenvalue weighted by molar-refractivity contribution is 7.09. The maximum atomic E-state index is 12.8. The van der Waals surface area contributed by atoms with Crippen LogP contribution >= 0.6 is 11.3 Å². The number of carbonyl (C=O) groups excluding carboxylic acids is 2. The molecule has 0 radical (unpaired) electrons. The fraction of sp³-hybridized carbons (Fsp3) is 0.429. The van der Waals surface area contributed by atoms with E-state index in [-0.39, 0.29) is 24.7 Å². The number of rotatable bonds is 6. The van der Waals surface area contributed by atoms with Crippen molar-refractivity contribution in [2.75, 3.05) is 29.4 Å². The van der Waals surface area contributed by atoms with E-state index in [9.17, 15) is 9.59 Å². The van der Waals surface area contributed by atoms with E-state index in [4.69, 9.17) is 0 Å². The van der Waals surface area contributed by atoms with Crippen LogP contribution in [0.2, 0.25) is 0 Å². The van der Waals surface area contributed by atoms with Crippen molar-refractivity contribution in [3.05, 3.63) is 46.7 Å². The molecule has 1 aromatic carbocycles. The Labute approximate surface area is 164 Å². The second-order valence-corrected chi connectivity index (χ2v) is 8.19. The molecule has 3 heterocycles. The van der Waals surface area contributed by atoms with Crippen molar-refractivity contribution in [1.82, 2.24) is 5.32 Å². The monoisotopic (exact) mass is 383 g/mol. The van der Waals surface area contributed by atoms with E-state index in [0.29, 0.717) is 12.6 Å². The minimum atomic E-state index is -0.0484. The lowest BCUT2D eigenvalue weighted by Crippen LogP contribution is -2.48. The first-order valence-electron chi connectivity index (χ1n) is 9.67. The first-order valence-corrected chi connectivity index (χ1v) is 10.6. The predicted octanol–water partition coefficient (Wildman–Crippen LogP) is 3.20. The topological polar surface area (TPSA) is 52.7 Å². The normalized spacial score (nSPS) is 18.1. The van der Waals surface area contributed by atoms with Crippen LogP contribution in [0.3, 0.4) is 0 Å². The van der Waals surface area contributed by atoms with Gasteiger partial charge >= 0.3 is 0 Å². The fourth-order valence-electron chi connectivity index (χ4n) is 4.05. The van der Waals surface area contributed by atoms with Gasteiger partial charge in [0, 0.05) is 43.4 Å². The van der Waals surface area contributed by atoms with Crippen LogP contribution < -0.4 is 15.1 Å². The van der Waals surface area contributed by atoms with Gasteiger partial charge in [0.2, 0.25) is 11.8 Å². The SMILES string of the molecule is O=C(CCC(=O)N1C[C@@H]2CCCN2c2ccccc21)NCCc1cccs1. The summed E-state index contributed by atoms with van der Waals surface area (Å²) in [5, 5.41) is 4.96. The molecule has 1 fully saturated rings. The summed E-state index contributed by atoms with van der Waals surface area (Å²) in [5.74, 6) is -0.00454. The molecular formula is C21H25N3O2S. The summed E-state index contributed by atoms with van der Waals surface area (Å²) in [6.07, 6.45) is 3.64. The number of anilines is 2. The van der Waals surface area contributed by atoms with E-state index in [2.05, 4.69) is 22.3 Å². The first-order chi connectivity index (χ1) is 13.2. The first kappa shape index (κ1) is 18.0. The Morgan fingerprint density at radius 1 is 1.11 bits per heavy atom. The number of hydrogen-bond acceptors (Lipinski definition) is 4. The minimum absolute atomic E-state index is 0.0439. The summed E-state index contributed by atoms with van der Waals surface area (Å²) in [5.41, 5.74) is 2.14. The third-order valence-electron chi connectivity index (χ3n) is 5.39. The number of benzene rings is 1. The highest BCUT2D eigenvalue weighted by Crippen LogP contribution is 2.39. The molecular weight excluding hydrogens is 358 g/mol. The van der Waals surface area contributed by atoms with Gasteiger partial charge in [0.1, 0.15) is 0 Å². The maximum Gasteiger partial charge on any atom is 0.227 e. The van der Waals surface area contributed by atoms with Gasteiger partial charge in [0.15, 0.2) is 0 Å². The molecule has 2 aliphatic heterocycles. The number of nitrogens with one attached hydrogen (secondary N) is 1. The molecule has 27 heavy (non-hydrogen) atoms. The molecule has 4 rings (SSSR count). The smallest absolute Gasteiger partial charge is 0.227 e. The van der Waals surface area contributed by atoms with Gasteiger partial charge < -0.3 is 15.1 Å². The Hall–Kier alpha value is -2.34. The van der Waals surface area contributed by atoms with Gasteiger partial charge in [0.25, 0.3) is 0 Å². The van der Waals surface area contributed by atoms with Crippen LogP contribution in [0.5, 0.6) is 0 Å². The summed E-state index contributed by atoms with van der Waals surface area (Å²) in [4.78, 5) is 30.5. The molecule has 5 nitrogen and oxygen atoms in total. The quantitative estimate of drug-likeness (QED) is 0.833. The van der Waals surface area contributed by atoms with Crippen molar-refractivity contribution < 1.29 is 9.59 Å². The van der Waals surface area contributed by atoms with Gasteiger partial charge in [-0.1, -0.05) is 18.2 Å². The summed E-state index contributed by atoms with van der Waals surface area (Å²) >= 11 is 1.70. The predicted molar refractivity (Wildman–Crippen MR) is 109 cm³/mol. The maximum absolute atomic E-state index is 12.8. The van der Waals surface area contributed by atoms with Gasteiger partial charge in [-0.05, 0) is 42.8 Å². The molecule has 1 aromatic heterocycles. The molecule has 0 bridgehead atoms. The Bertz CT molecular complexity index is 806. The Morgan fingerprint density at radius 3 is 2.78 bits per heavy atom. The molecule has 0 saturated carbocycles. The second kappa shape index (κ2) is 8.13. The molecule has 0 aliphatic carbocycles. The van der Waals surface area contributed by atoms with Crippen molar-refractivity contribution in [2.45, 2.75) is 38.1 Å². The van der Waals surface area contributed by atoms with Crippen LogP contribution in [-0.2, 0) is 16.0 Å². The summed E-state index contributed by atoms with van der Waals surface area (Å²) in [6, 6.07) is 12.6. The molecule has 2 amide bonds. The largest absolute Gasteiger partial charge is 0.365 e. The zero-order valence-electron chi connectivity index (χ0n) is 15.4. The number of nitrogens with zero attached hydrogens (tertiary/aromatic N) is 2. The van der Waals surface area contributed by atoms with Crippen LogP contribution in [0.4, 0.5) is 11.4 Å². The standard InChI is InChI=1S/C21H25N3O2S/c25-20(22-12-11-17-6-4-14-27-17)9-10-21(26)24-15-16-5-3-13-23(16)18-7-1-2-8-19(18)24/h1-2,4,6-8,14,16H,3,5,9-13,15H2,(H,22,25)/t16-/m0/s1. The number of amides is 2.